The summed E-state index contributed by atoms with van der Waals surface area (Å²) >= 11 is 2.16. The highest BCUT2D eigenvalue weighted by Gasteiger charge is 2.23. The van der Waals surface area contributed by atoms with Crippen LogP contribution in [0.1, 0.15) is 65.7 Å². The smallest absolute Gasteiger partial charge is 0.0610 e. The molecule has 0 aromatic rings. The lowest BCUT2D eigenvalue weighted by Gasteiger charge is -2.31. The Labute approximate surface area is 117 Å². The lowest BCUT2D eigenvalue weighted by Crippen LogP contribution is -2.49. The normalized spacial score (nSPS) is 21.2. The summed E-state index contributed by atoms with van der Waals surface area (Å²) in [6, 6.07) is 0.438. The summed E-state index contributed by atoms with van der Waals surface area (Å²) in [5.74, 6) is 1.25. The van der Waals surface area contributed by atoms with E-state index in [0.29, 0.717) is 6.04 Å². The molecule has 1 fully saturated rings. The Morgan fingerprint density at radius 1 is 1.28 bits per heavy atom. The van der Waals surface area contributed by atoms with Crippen LogP contribution in [0.25, 0.3) is 0 Å². The molecule has 108 valence electrons. The number of rotatable bonds is 8. The molecular weight excluding hydrogens is 242 g/mol. The molecule has 2 nitrogen and oxygen atoms in total. The molecule has 1 atom stereocenters. The average molecular weight is 273 g/mol. The summed E-state index contributed by atoms with van der Waals surface area (Å²) < 4.78 is 0. The zero-order valence-electron chi connectivity index (χ0n) is 12.4. The summed E-state index contributed by atoms with van der Waals surface area (Å²) in [5.41, 5.74) is -0.0959. The largest absolute Gasteiger partial charge is 0.394 e. The van der Waals surface area contributed by atoms with Crippen molar-refractivity contribution in [3.8, 4) is 0 Å². The van der Waals surface area contributed by atoms with E-state index in [1.165, 1.54) is 44.3 Å². The van der Waals surface area contributed by atoms with Crippen LogP contribution in [-0.2, 0) is 0 Å². The van der Waals surface area contributed by atoms with Crippen molar-refractivity contribution >= 4 is 11.8 Å². The standard InChI is InChI=1S/C15H31NOS/c1-13(2)16-15(3,12-17)10-7-11-18-14-8-5-4-6-9-14/h13-14,16-17H,4-12H2,1-3H3. The first-order valence-electron chi connectivity index (χ1n) is 7.56. The number of aliphatic hydroxyl groups excluding tert-OH is 1. The van der Waals surface area contributed by atoms with E-state index in [1.807, 2.05) is 0 Å². The van der Waals surface area contributed by atoms with E-state index >= 15 is 0 Å². The van der Waals surface area contributed by atoms with Gasteiger partial charge >= 0.3 is 0 Å². The molecule has 1 aliphatic rings. The molecule has 0 bridgehead atoms. The van der Waals surface area contributed by atoms with Crippen LogP contribution >= 0.6 is 11.8 Å². The Balaban J connectivity index is 2.14. The molecule has 0 heterocycles. The molecule has 2 N–H and O–H groups in total. The number of thioether (sulfide) groups is 1. The number of hydrogen-bond donors (Lipinski definition) is 2. The number of nitrogens with one attached hydrogen (secondary N) is 1. The van der Waals surface area contributed by atoms with Crippen molar-refractivity contribution in [1.82, 2.24) is 5.32 Å². The topological polar surface area (TPSA) is 32.3 Å². The van der Waals surface area contributed by atoms with Gasteiger partial charge in [0.25, 0.3) is 0 Å². The Hall–Kier alpha value is 0.270. The summed E-state index contributed by atoms with van der Waals surface area (Å²) in [6.45, 7) is 6.66. The van der Waals surface area contributed by atoms with E-state index in [0.717, 1.165) is 11.7 Å². The number of aliphatic hydroxyl groups is 1. The third-order valence-corrected chi connectivity index (χ3v) is 5.23. The molecule has 1 rings (SSSR count). The van der Waals surface area contributed by atoms with Gasteiger partial charge in [0.1, 0.15) is 0 Å². The summed E-state index contributed by atoms with van der Waals surface area (Å²) in [5, 5.41) is 13.9. The highest BCUT2D eigenvalue weighted by atomic mass is 32.2. The van der Waals surface area contributed by atoms with Gasteiger partial charge in [-0.25, -0.2) is 0 Å². The monoisotopic (exact) mass is 273 g/mol. The van der Waals surface area contributed by atoms with Crippen molar-refractivity contribution < 1.29 is 5.11 Å². The zero-order valence-corrected chi connectivity index (χ0v) is 13.2. The van der Waals surface area contributed by atoms with Crippen LogP contribution in [0.5, 0.6) is 0 Å². The minimum Gasteiger partial charge on any atom is -0.394 e. The maximum absolute atomic E-state index is 9.51. The highest BCUT2D eigenvalue weighted by Crippen LogP contribution is 2.29. The van der Waals surface area contributed by atoms with Gasteiger partial charge < -0.3 is 10.4 Å². The Kier molecular flexibility index (Phi) is 7.66. The molecule has 0 radical (unpaired) electrons. The van der Waals surface area contributed by atoms with Gasteiger partial charge in [0.15, 0.2) is 0 Å². The maximum atomic E-state index is 9.51. The van der Waals surface area contributed by atoms with Crippen molar-refractivity contribution in [2.24, 2.45) is 0 Å². The van der Waals surface area contributed by atoms with Crippen molar-refractivity contribution in [2.75, 3.05) is 12.4 Å². The Morgan fingerprint density at radius 3 is 2.50 bits per heavy atom. The average Bonchev–Trinajstić information content (AvgIpc) is 2.35. The van der Waals surface area contributed by atoms with E-state index in [4.69, 9.17) is 0 Å². The van der Waals surface area contributed by atoms with Crippen molar-refractivity contribution in [3.63, 3.8) is 0 Å². The molecule has 0 aromatic heterocycles. The van der Waals surface area contributed by atoms with Crippen LogP contribution in [0.4, 0.5) is 0 Å². The van der Waals surface area contributed by atoms with Crippen LogP contribution in [0.2, 0.25) is 0 Å². The van der Waals surface area contributed by atoms with Crippen LogP contribution in [0, 0.1) is 0 Å². The molecule has 0 aliphatic heterocycles. The van der Waals surface area contributed by atoms with Gasteiger partial charge in [0, 0.05) is 16.8 Å². The third-order valence-electron chi connectivity index (χ3n) is 3.76. The molecule has 0 spiro atoms. The second-order valence-corrected chi connectivity index (χ2v) is 7.66. The van der Waals surface area contributed by atoms with Crippen LogP contribution in [0.15, 0.2) is 0 Å². The van der Waals surface area contributed by atoms with Gasteiger partial charge in [0.2, 0.25) is 0 Å². The van der Waals surface area contributed by atoms with Crippen LogP contribution < -0.4 is 5.32 Å². The molecule has 3 heteroatoms. The van der Waals surface area contributed by atoms with Gasteiger partial charge in [-0.3, -0.25) is 0 Å². The first-order valence-corrected chi connectivity index (χ1v) is 8.61. The van der Waals surface area contributed by atoms with E-state index in [-0.39, 0.29) is 12.1 Å². The predicted octanol–water partition coefficient (Wildman–Crippen LogP) is 3.58. The molecule has 1 unspecified atom stereocenters. The Morgan fingerprint density at radius 2 is 1.94 bits per heavy atom. The first-order chi connectivity index (χ1) is 8.56. The fraction of sp³-hybridized carbons (Fsp3) is 1.00. The van der Waals surface area contributed by atoms with Crippen molar-refractivity contribution in [3.05, 3.63) is 0 Å². The minimum absolute atomic E-state index is 0.0959. The van der Waals surface area contributed by atoms with Crippen LogP contribution in [-0.4, -0.2) is 34.3 Å². The lowest BCUT2D eigenvalue weighted by molar-refractivity contribution is 0.156. The van der Waals surface area contributed by atoms with Gasteiger partial charge in [-0.1, -0.05) is 33.1 Å². The summed E-state index contributed by atoms with van der Waals surface area (Å²) in [7, 11) is 0. The maximum Gasteiger partial charge on any atom is 0.0610 e. The van der Waals surface area contributed by atoms with Crippen molar-refractivity contribution in [2.45, 2.75) is 82.5 Å². The van der Waals surface area contributed by atoms with E-state index in [2.05, 4.69) is 37.8 Å². The quantitative estimate of drug-likeness (QED) is 0.663. The van der Waals surface area contributed by atoms with Gasteiger partial charge in [-0.05, 0) is 38.4 Å². The molecule has 0 amide bonds. The SMILES string of the molecule is CC(C)NC(C)(CO)CCCSC1CCCCC1. The highest BCUT2D eigenvalue weighted by molar-refractivity contribution is 7.99. The second-order valence-electron chi connectivity index (χ2n) is 6.25. The lowest BCUT2D eigenvalue weighted by atomic mass is 9.96. The zero-order chi connectivity index (χ0) is 13.4. The molecular formula is C15H31NOS. The number of hydrogen-bond acceptors (Lipinski definition) is 3. The molecule has 18 heavy (non-hydrogen) atoms. The van der Waals surface area contributed by atoms with Gasteiger partial charge in [0.05, 0.1) is 6.61 Å². The summed E-state index contributed by atoms with van der Waals surface area (Å²) in [4.78, 5) is 0. The fourth-order valence-corrected chi connectivity index (χ4v) is 4.15. The first kappa shape index (κ1) is 16.3. The molecule has 1 aliphatic carbocycles. The fourth-order valence-electron chi connectivity index (χ4n) is 2.84. The molecule has 0 saturated heterocycles. The van der Waals surface area contributed by atoms with E-state index in [9.17, 15) is 5.11 Å². The molecule has 0 aromatic carbocycles. The molecule has 1 saturated carbocycles. The Bertz CT molecular complexity index is 217. The third kappa shape index (κ3) is 6.44. The van der Waals surface area contributed by atoms with Crippen LogP contribution in [0.3, 0.4) is 0 Å². The van der Waals surface area contributed by atoms with E-state index in [1.54, 1.807) is 0 Å². The van der Waals surface area contributed by atoms with Gasteiger partial charge in [-0.2, -0.15) is 11.8 Å². The van der Waals surface area contributed by atoms with Crippen molar-refractivity contribution in [1.29, 1.82) is 0 Å². The second kappa shape index (κ2) is 8.44. The summed E-state index contributed by atoms with van der Waals surface area (Å²) in [6.07, 6.45) is 9.43. The predicted molar refractivity (Wildman–Crippen MR) is 82.3 cm³/mol. The van der Waals surface area contributed by atoms with E-state index < -0.39 is 0 Å². The van der Waals surface area contributed by atoms with Gasteiger partial charge in [-0.15, -0.1) is 0 Å². The minimum atomic E-state index is -0.0959.